The summed E-state index contributed by atoms with van der Waals surface area (Å²) in [5.74, 6) is 1.46. The third kappa shape index (κ3) is 7.40. The van der Waals surface area contributed by atoms with Crippen molar-refractivity contribution >= 4 is 35.6 Å². The zero-order valence-corrected chi connectivity index (χ0v) is 18.2. The number of nitrogens with zero attached hydrogens (tertiary/aromatic N) is 2. The maximum atomic E-state index is 5.41. The summed E-state index contributed by atoms with van der Waals surface area (Å²) in [5, 5.41) is 6.79. The van der Waals surface area contributed by atoms with Crippen molar-refractivity contribution in [3.05, 3.63) is 29.8 Å². The predicted octanol–water partition coefficient (Wildman–Crippen LogP) is 3.24. The van der Waals surface area contributed by atoms with Gasteiger partial charge >= 0.3 is 0 Å². The van der Waals surface area contributed by atoms with E-state index in [0.29, 0.717) is 18.5 Å². The van der Waals surface area contributed by atoms with Gasteiger partial charge in [-0.05, 0) is 37.5 Å². The van der Waals surface area contributed by atoms with Gasteiger partial charge in [-0.25, -0.2) is 4.99 Å². The van der Waals surface area contributed by atoms with Crippen LogP contribution in [-0.2, 0) is 11.3 Å². The molecule has 1 fully saturated rings. The zero-order valence-electron chi connectivity index (χ0n) is 15.9. The van der Waals surface area contributed by atoms with Gasteiger partial charge in [0.15, 0.2) is 5.96 Å². The van der Waals surface area contributed by atoms with Gasteiger partial charge in [-0.15, -0.1) is 24.0 Å². The van der Waals surface area contributed by atoms with Gasteiger partial charge in [-0.1, -0.05) is 26.0 Å². The molecule has 2 rings (SSSR count). The second-order valence-corrected chi connectivity index (χ2v) is 6.64. The van der Waals surface area contributed by atoms with E-state index in [4.69, 9.17) is 9.73 Å². The Morgan fingerprint density at radius 1 is 1.16 bits per heavy atom. The summed E-state index contributed by atoms with van der Waals surface area (Å²) in [6, 6.07) is 9.11. The highest BCUT2D eigenvalue weighted by molar-refractivity contribution is 14.0. The SMILES string of the molecule is CCNC(=NCc1ccc(N2CCOCC2)cc1)NC(C)C(C)C.I. The van der Waals surface area contributed by atoms with Crippen LogP contribution in [-0.4, -0.2) is 44.8 Å². The number of nitrogens with one attached hydrogen (secondary N) is 2. The third-order valence-corrected chi connectivity index (χ3v) is 4.44. The van der Waals surface area contributed by atoms with Crippen LogP contribution in [0.2, 0.25) is 0 Å². The Bertz CT molecular complexity index is 513. The van der Waals surface area contributed by atoms with E-state index in [2.05, 4.69) is 67.5 Å². The Morgan fingerprint density at radius 3 is 2.36 bits per heavy atom. The molecule has 0 amide bonds. The van der Waals surface area contributed by atoms with Crippen LogP contribution in [0.5, 0.6) is 0 Å². The Hall–Kier alpha value is -1.02. The van der Waals surface area contributed by atoms with E-state index < -0.39 is 0 Å². The van der Waals surface area contributed by atoms with Crippen molar-refractivity contribution in [1.82, 2.24) is 10.6 Å². The lowest BCUT2D eigenvalue weighted by Gasteiger charge is -2.28. The van der Waals surface area contributed by atoms with E-state index in [-0.39, 0.29) is 24.0 Å². The first kappa shape index (κ1) is 22.0. The number of anilines is 1. The van der Waals surface area contributed by atoms with Crippen LogP contribution in [0, 0.1) is 5.92 Å². The molecule has 1 aliphatic heterocycles. The van der Waals surface area contributed by atoms with Crippen molar-refractivity contribution in [2.24, 2.45) is 10.9 Å². The molecule has 1 heterocycles. The number of morpholine rings is 1. The fourth-order valence-corrected chi connectivity index (χ4v) is 2.51. The number of aliphatic imine (C=N–C) groups is 1. The minimum atomic E-state index is 0. The largest absolute Gasteiger partial charge is 0.378 e. The highest BCUT2D eigenvalue weighted by atomic mass is 127. The van der Waals surface area contributed by atoms with Crippen LogP contribution < -0.4 is 15.5 Å². The molecule has 1 aromatic rings. The van der Waals surface area contributed by atoms with Crippen LogP contribution >= 0.6 is 24.0 Å². The quantitative estimate of drug-likeness (QED) is 0.389. The number of hydrogen-bond donors (Lipinski definition) is 2. The molecule has 0 aliphatic carbocycles. The maximum absolute atomic E-state index is 5.41. The van der Waals surface area contributed by atoms with Crippen LogP contribution in [0.15, 0.2) is 29.3 Å². The number of halogens is 1. The summed E-state index contributed by atoms with van der Waals surface area (Å²) in [4.78, 5) is 7.08. The average Bonchev–Trinajstić information content (AvgIpc) is 2.61. The van der Waals surface area contributed by atoms with Crippen molar-refractivity contribution in [3.63, 3.8) is 0 Å². The Balaban J connectivity index is 0.00000312. The van der Waals surface area contributed by atoms with Crippen LogP contribution in [0.25, 0.3) is 0 Å². The number of guanidine groups is 1. The summed E-state index contributed by atoms with van der Waals surface area (Å²) in [6.45, 7) is 13.8. The van der Waals surface area contributed by atoms with Crippen molar-refractivity contribution in [3.8, 4) is 0 Å². The first-order chi connectivity index (χ1) is 11.6. The van der Waals surface area contributed by atoms with Crippen molar-refractivity contribution < 1.29 is 4.74 Å². The zero-order chi connectivity index (χ0) is 17.4. The summed E-state index contributed by atoms with van der Waals surface area (Å²) in [7, 11) is 0. The molecule has 1 saturated heterocycles. The molecule has 1 aliphatic rings. The van der Waals surface area contributed by atoms with Crippen molar-refractivity contribution in [2.45, 2.75) is 40.3 Å². The first-order valence-corrected chi connectivity index (χ1v) is 9.06. The standard InChI is InChI=1S/C19H32N4O.HI/c1-5-20-19(22-16(4)15(2)3)21-14-17-6-8-18(9-7-17)23-10-12-24-13-11-23;/h6-9,15-16H,5,10-14H2,1-4H3,(H2,20,21,22);1H. The molecule has 0 spiro atoms. The summed E-state index contributed by atoms with van der Waals surface area (Å²) >= 11 is 0. The molecule has 142 valence electrons. The Labute approximate surface area is 169 Å². The van der Waals surface area contributed by atoms with Gasteiger partial charge in [0.05, 0.1) is 19.8 Å². The molecule has 1 atom stereocenters. The molecule has 1 unspecified atom stereocenters. The lowest BCUT2D eigenvalue weighted by Crippen LogP contribution is -2.44. The fourth-order valence-electron chi connectivity index (χ4n) is 2.51. The summed E-state index contributed by atoms with van der Waals surface area (Å²) < 4.78 is 5.41. The van der Waals surface area contributed by atoms with Gasteiger partial charge in [0.25, 0.3) is 0 Å². The summed E-state index contributed by atoms with van der Waals surface area (Å²) in [6.07, 6.45) is 0. The molecule has 5 nitrogen and oxygen atoms in total. The smallest absolute Gasteiger partial charge is 0.191 e. The van der Waals surface area contributed by atoms with Gasteiger partial charge < -0.3 is 20.3 Å². The van der Waals surface area contributed by atoms with Crippen LogP contribution in [0.4, 0.5) is 5.69 Å². The molecule has 0 radical (unpaired) electrons. The molecule has 25 heavy (non-hydrogen) atoms. The van der Waals surface area contributed by atoms with E-state index in [1.54, 1.807) is 0 Å². The molecule has 6 heteroatoms. The van der Waals surface area contributed by atoms with Gasteiger partial charge in [0.1, 0.15) is 0 Å². The van der Waals surface area contributed by atoms with Gasteiger partial charge in [-0.2, -0.15) is 0 Å². The minimum Gasteiger partial charge on any atom is -0.378 e. The monoisotopic (exact) mass is 460 g/mol. The summed E-state index contributed by atoms with van der Waals surface area (Å²) in [5.41, 5.74) is 2.49. The highest BCUT2D eigenvalue weighted by Gasteiger charge is 2.11. The minimum absolute atomic E-state index is 0. The van der Waals surface area contributed by atoms with Crippen LogP contribution in [0.3, 0.4) is 0 Å². The second-order valence-electron chi connectivity index (χ2n) is 6.64. The Morgan fingerprint density at radius 2 is 1.80 bits per heavy atom. The first-order valence-electron chi connectivity index (χ1n) is 9.06. The van der Waals surface area contributed by atoms with E-state index in [1.807, 2.05) is 0 Å². The second kappa shape index (κ2) is 11.6. The molecule has 0 saturated carbocycles. The normalized spacial score (nSPS) is 16.4. The number of benzene rings is 1. The maximum Gasteiger partial charge on any atom is 0.191 e. The topological polar surface area (TPSA) is 48.9 Å². The van der Waals surface area contributed by atoms with Crippen molar-refractivity contribution in [1.29, 1.82) is 0 Å². The Kier molecular flexibility index (Phi) is 10.2. The van der Waals surface area contributed by atoms with Crippen LogP contribution in [0.1, 0.15) is 33.3 Å². The molecule has 0 bridgehead atoms. The number of ether oxygens (including phenoxy) is 1. The molecular formula is C19H33IN4O. The molecule has 0 aromatic heterocycles. The lowest BCUT2D eigenvalue weighted by molar-refractivity contribution is 0.122. The molecule has 1 aromatic carbocycles. The number of hydrogen-bond acceptors (Lipinski definition) is 3. The van der Waals surface area contributed by atoms with E-state index >= 15 is 0 Å². The molecular weight excluding hydrogens is 427 g/mol. The average molecular weight is 460 g/mol. The van der Waals surface area contributed by atoms with E-state index in [0.717, 1.165) is 38.8 Å². The van der Waals surface area contributed by atoms with Gasteiger partial charge in [0.2, 0.25) is 0 Å². The fraction of sp³-hybridized carbons (Fsp3) is 0.632. The van der Waals surface area contributed by atoms with Gasteiger partial charge in [0, 0.05) is 31.4 Å². The van der Waals surface area contributed by atoms with E-state index in [1.165, 1.54) is 11.3 Å². The lowest BCUT2D eigenvalue weighted by atomic mass is 10.1. The number of rotatable bonds is 6. The third-order valence-electron chi connectivity index (χ3n) is 4.44. The van der Waals surface area contributed by atoms with E-state index in [9.17, 15) is 0 Å². The van der Waals surface area contributed by atoms with Crippen molar-refractivity contribution in [2.75, 3.05) is 37.7 Å². The molecule has 2 N–H and O–H groups in total. The highest BCUT2D eigenvalue weighted by Crippen LogP contribution is 2.17. The predicted molar refractivity (Wildman–Crippen MR) is 117 cm³/mol. The van der Waals surface area contributed by atoms with Gasteiger partial charge in [-0.3, -0.25) is 0 Å².